The summed E-state index contributed by atoms with van der Waals surface area (Å²) in [5.41, 5.74) is 8.02. The van der Waals surface area contributed by atoms with E-state index >= 15 is 0 Å². The number of hydrogen-bond donors (Lipinski definition) is 1. The first-order chi connectivity index (χ1) is 10.1. The minimum Gasteiger partial charge on any atom is -0.396 e. The lowest BCUT2D eigenvalue weighted by molar-refractivity contribution is 0.632. The molecule has 2 aromatic carbocycles. The lowest BCUT2D eigenvalue weighted by Crippen LogP contribution is -2.02. The van der Waals surface area contributed by atoms with Gasteiger partial charge in [0.05, 0.1) is 11.4 Å². The van der Waals surface area contributed by atoms with E-state index in [9.17, 15) is 4.39 Å². The number of rotatable bonds is 2. The van der Waals surface area contributed by atoms with Gasteiger partial charge in [-0.3, -0.25) is 0 Å². The maximum absolute atomic E-state index is 13.6. The van der Waals surface area contributed by atoms with Crippen molar-refractivity contribution in [2.45, 2.75) is 6.92 Å². The van der Waals surface area contributed by atoms with Crippen LogP contribution in [0, 0.1) is 12.7 Å². The fraction of sp³-hybridized carbons (Fsp3) is 0.0714. The smallest absolute Gasteiger partial charge is 0.187 e. The summed E-state index contributed by atoms with van der Waals surface area (Å²) < 4.78 is 16.0. The summed E-state index contributed by atoms with van der Waals surface area (Å²) in [5.74, 6) is -0.0523. The molecule has 2 N–H and O–H groups in total. The Balaban J connectivity index is 2.14. The van der Waals surface area contributed by atoms with Crippen molar-refractivity contribution in [2.24, 2.45) is 0 Å². The zero-order valence-corrected chi connectivity index (χ0v) is 12.7. The zero-order valence-electron chi connectivity index (χ0n) is 11.1. The molecule has 106 valence electrons. The Bertz CT molecular complexity index is 815. The molecule has 0 aliphatic carbocycles. The van der Waals surface area contributed by atoms with Crippen molar-refractivity contribution in [3.05, 3.63) is 52.3 Å². The highest BCUT2D eigenvalue weighted by molar-refractivity contribution is 9.10. The molecule has 1 aromatic heterocycles. The van der Waals surface area contributed by atoms with Crippen molar-refractivity contribution in [1.82, 2.24) is 20.2 Å². The van der Waals surface area contributed by atoms with E-state index in [1.807, 2.05) is 25.1 Å². The van der Waals surface area contributed by atoms with Gasteiger partial charge in [-0.05, 0) is 69.2 Å². The summed E-state index contributed by atoms with van der Waals surface area (Å²) >= 11 is 3.49. The van der Waals surface area contributed by atoms with Gasteiger partial charge in [-0.1, -0.05) is 6.07 Å². The van der Waals surface area contributed by atoms with Crippen LogP contribution in [0.15, 0.2) is 40.9 Å². The highest BCUT2D eigenvalue weighted by Crippen LogP contribution is 2.27. The first-order valence-electron chi connectivity index (χ1n) is 6.16. The van der Waals surface area contributed by atoms with Crippen LogP contribution in [0.2, 0.25) is 0 Å². The molecule has 0 radical (unpaired) electrons. The van der Waals surface area contributed by atoms with E-state index in [4.69, 9.17) is 5.73 Å². The first kappa shape index (κ1) is 13.7. The summed E-state index contributed by atoms with van der Waals surface area (Å²) in [5, 5.41) is 11.6. The van der Waals surface area contributed by atoms with Crippen LogP contribution in [-0.2, 0) is 0 Å². The molecule has 7 heteroatoms. The fourth-order valence-corrected chi connectivity index (χ4v) is 2.64. The Morgan fingerprint density at radius 2 is 2.00 bits per heavy atom. The number of anilines is 1. The number of hydrogen-bond acceptors (Lipinski definition) is 4. The minimum absolute atomic E-state index is 0.0919. The van der Waals surface area contributed by atoms with Crippen molar-refractivity contribution in [1.29, 1.82) is 0 Å². The predicted octanol–water partition coefficient (Wildman–Crippen LogP) is 3.12. The molecule has 0 fully saturated rings. The van der Waals surface area contributed by atoms with Crippen molar-refractivity contribution >= 4 is 21.6 Å². The van der Waals surface area contributed by atoms with E-state index in [2.05, 4.69) is 31.5 Å². The van der Waals surface area contributed by atoms with Gasteiger partial charge in [0, 0.05) is 10.0 Å². The molecule has 0 spiro atoms. The second kappa shape index (κ2) is 5.25. The number of aryl methyl sites for hydroxylation is 1. The van der Waals surface area contributed by atoms with E-state index < -0.39 is 5.82 Å². The molecule has 0 aliphatic heterocycles. The van der Waals surface area contributed by atoms with Crippen molar-refractivity contribution in [3.63, 3.8) is 0 Å². The third-order valence-electron chi connectivity index (χ3n) is 3.06. The molecular formula is C14H11BrFN5. The van der Waals surface area contributed by atoms with Gasteiger partial charge in [0.2, 0.25) is 0 Å². The van der Waals surface area contributed by atoms with Crippen LogP contribution in [0.3, 0.4) is 0 Å². The molecule has 0 saturated carbocycles. The number of nitrogen functional groups attached to an aromatic ring is 1. The van der Waals surface area contributed by atoms with Crippen LogP contribution >= 0.6 is 15.9 Å². The molecule has 1 heterocycles. The summed E-state index contributed by atoms with van der Waals surface area (Å²) in [6.45, 7) is 1.99. The predicted molar refractivity (Wildman–Crippen MR) is 81.4 cm³/mol. The Kier molecular flexibility index (Phi) is 3.42. The van der Waals surface area contributed by atoms with Crippen LogP contribution in [0.25, 0.3) is 17.1 Å². The summed E-state index contributed by atoms with van der Waals surface area (Å²) in [7, 11) is 0. The number of aromatic nitrogens is 4. The van der Waals surface area contributed by atoms with Crippen LogP contribution in [0.4, 0.5) is 10.1 Å². The average molecular weight is 348 g/mol. The SMILES string of the molecule is Cc1ccc(-n2nnnc2-c2ccc(N)c(F)c2)c(Br)c1. The van der Waals surface area contributed by atoms with Gasteiger partial charge < -0.3 is 5.73 Å². The molecule has 0 amide bonds. The number of nitrogens with two attached hydrogens (primary N) is 1. The lowest BCUT2D eigenvalue weighted by atomic mass is 10.1. The van der Waals surface area contributed by atoms with Crippen LogP contribution < -0.4 is 5.73 Å². The van der Waals surface area contributed by atoms with Gasteiger partial charge in [-0.15, -0.1) is 5.10 Å². The Morgan fingerprint density at radius 1 is 1.19 bits per heavy atom. The third-order valence-corrected chi connectivity index (χ3v) is 3.69. The standard InChI is InChI=1S/C14H11BrFN5/c1-8-2-5-13(10(15)6-8)21-14(18-19-20-21)9-3-4-12(17)11(16)7-9/h2-7H,17H2,1H3. The van der Waals surface area contributed by atoms with Gasteiger partial charge >= 0.3 is 0 Å². The van der Waals surface area contributed by atoms with Crippen molar-refractivity contribution in [3.8, 4) is 17.1 Å². The summed E-state index contributed by atoms with van der Waals surface area (Å²) in [6, 6.07) is 10.3. The number of benzene rings is 2. The lowest BCUT2D eigenvalue weighted by Gasteiger charge is -2.08. The number of nitrogens with zero attached hydrogens (tertiary/aromatic N) is 4. The topological polar surface area (TPSA) is 69.6 Å². The maximum atomic E-state index is 13.6. The molecule has 3 aromatic rings. The monoisotopic (exact) mass is 347 g/mol. The molecule has 0 unspecified atom stereocenters. The van der Waals surface area contributed by atoms with Gasteiger partial charge in [0.15, 0.2) is 5.82 Å². The van der Waals surface area contributed by atoms with Crippen LogP contribution in [-0.4, -0.2) is 20.2 Å². The summed E-state index contributed by atoms with van der Waals surface area (Å²) in [4.78, 5) is 0. The van der Waals surface area contributed by atoms with Gasteiger partial charge in [-0.25, -0.2) is 4.39 Å². The van der Waals surface area contributed by atoms with Crippen LogP contribution in [0.5, 0.6) is 0 Å². The molecule has 5 nitrogen and oxygen atoms in total. The Morgan fingerprint density at radius 3 is 2.71 bits per heavy atom. The second-order valence-corrected chi connectivity index (χ2v) is 5.46. The number of halogens is 2. The highest BCUT2D eigenvalue weighted by Gasteiger charge is 2.14. The van der Waals surface area contributed by atoms with Gasteiger partial charge in [0.25, 0.3) is 0 Å². The quantitative estimate of drug-likeness (QED) is 0.723. The molecule has 0 aliphatic rings. The van der Waals surface area contributed by atoms with Crippen molar-refractivity contribution < 1.29 is 4.39 Å². The normalized spacial score (nSPS) is 10.8. The Hall–Kier alpha value is -2.28. The fourth-order valence-electron chi connectivity index (χ4n) is 1.98. The number of tetrazole rings is 1. The molecule has 0 atom stereocenters. The Labute approximate surface area is 128 Å². The largest absolute Gasteiger partial charge is 0.396 e. The highest BCUT2D eigenvalue weighted by atomic mass is 79.9. The molecule has 3 rings (SSSR count). The molecule has 0 bridgehead atoms. The van der Waals surface area contributed by atoms with Gasteiger partial charge in [0.1, 0.15) is 5.82 Å². The molecular weight excluding hydrogens is 337 g/mol. The third kappa shape index (κ3) is 2.52. The zero-order chi connectivity index (χ0) is 15.0. The molecule has 0 saturated heterocycles. The maximum Gasteiger partial charge on any atom is 0.187 e. The van der Waals surface area contributed by atoms with E-state index in [0.717, 1.165) is 15.7 Å². The van der Waals surface area contributed by atoms with Crippen molar-refractivity contribution in [2.75, 3.05) is 5.73 Å². The minimum atomic E-state index is -0.495. The second-order valence-electron chi connectivity index (χ2n) is 4.61. The van der Waals surface area contributed by atoms with E-state index in [-0.39, 0.29) is 5.69 Å². The molecule has 21 heavy (non-hydrogen) atoms. The first-order valence-corrected chi connectivity index (χ1v) is 6.96. The summed E-state index contributed by atoms with van der Waals surface area (Å²) in [6.07, 6.45) is 0. The van der Waals surface area contributed by atoms with Gasteiger partial charge in [-0.2, -0.15) is 4.68 Å². The van der Waals surface area contributed by atoms with E-state index in [0.29, 0.717) is 11.4 Å². The van der Waals surface area contributed by atoms with Crippen LogP contribution in [0.1, 0.15) is 5.56 Å². The average Bonchev–Trinajstić information content (AvgIpc) is 2.91. The van der Waals surface area contributed by atoms with E-state index in [1.54, 1.807) is 10.7 Å². The van der Waals surface area contributed by atoms with E-state index in [1.165, 1.54) is 12.1 Å².